The third kappa shape index (κ3) is 6.77. The van der Waals surface area contributed by atoms with E-state index in [1.807, 2.05) is 6.92 Å². The van der Waals surface area contributed by atoms with Crippen molar-refractivity contribution in [2.45, 2.75) is 179 Å². The molecule has 0 unspecified atom stereocenters. The van der Waals surface area contributed by atoms with Crippen molar-refractivity contribution in [3.63, 3.8) is 0 Å². The minimum atomic E-state index is -1.73. The summed E-state index contributed by atoms with van der Waals surface area (Å²) in [6.45, 7) is 13.9. The van der Waals surface area contributed by atoms with E-state index in [-0.39, 0.29) is 41.1 Å². The molecule has 4 saturated carbocycles. The monoisotopic (exact) mass is 768 g/mol. The van der Waals surface area contributed by atoms with Crippen LogP contribution in [0.4, 0.5) is 0 Å². The molecule has 0 aromatic rings. The van der Waals surface area contributed by atoms with Crippen molar-refractivity contribution < 1.29 is 64.6 Å². The summed E-state index contributed by atoms with van der Waals surface area (Å²) in [5.74, 6) is -0.328. The molecule has 310 valence electrons. The first-order valence-corrected chi connectivity index (χ1v) is 20.3. The van der Waals surface area contributed by atoms with Crippen LogP contribution in [-0.4, -0.2) is 133 Å². The summed E-state index contributed by atoms with van der Waals surface area (Å²) < 4.78 is 24.0. The van der Waals surface area contributed by atoms with E-state index in [1.54, 1.807) is 0 Å². The zero-order valence-corrected chi connectivity index (χ0v) is 33.2. The summed E-state index contributed by atoms with van der Waals surface area (Å²) in [6, 6.07) is 0. The number of ether oxygens (including phenoxy) is 4. The fraction of sp³-hybridized carbons (Fsp3) is 0.927. The molecule has 0 bridgehead atoms. The molecule has 2 aliphatic heterocycles. The lowest BCUT2D eigenvalue weighted by molar-refractivity contribution is -0.367. The minimum Gasteiger partial charge on any atom is -0.394 e. The second kappa shape index (κ2) is 15.3. The molecule has 6 aliphatic rings. The van der Waals surface area contributed by atoms with Gasteiger partial charge in [-0.15, -0.1) is 0 Å². The van der Waals surface area contributed by atoms with E-state index in [9.17, 15) is 45.6 Å². The van der Waals surface area contributed by atoms with Crippen molar-refractivity contribution in [3.8, 4) is 0 Å². The van der Waals surface area contributed by atoms with Gasteiger partial charge in [0.25, 0.3) is 0 Å². The van der Waals surface area contributed by atoms with Gasteiger partial charge in [-0.1, -0.05) is 39.3 Å². The number of allylic oxidation sites excluding steroid dienone is 2. The molecule has 2 saturated heterocycles. The number of aliphatic hydroxyl groups excluding tert-OH is 7. The van der Waals surface area contributed by atoms with Crippen molar-refractivity contribution >= 4 is 6.29 Å². The molecular weight excluding hydrogens is 700 g/mol. The van der Waals surface area contributed by atoms with E-state index < -0.39 is 90.6 Å². The second-order valence-corrected chi connectivity index (χ2v) is 19.4. The molecule has 6 fully saturated rings. The zero-order chi connectivity index (χ0) is 39.8. The van der Waals surface area contributed by atoms with Crippen LogP contribution in [0.25, 0.3) is 0 Å². The number of carbonyl (C=O) groups excluding carboxylic acids is 1. The first kappa shape index (κ1) is 42.5. The Hall–Kier alpha value is -1.07. The number of hydrogen-bond acceptors (Lipinski definition) is 13. The average molecular weight is 769 g/mol. The van der Waals surface area contributed by atoms with Gasteiger partial charge in [0.15, 0.2) is 12.6 Å². The Morgan fingerprint density at radius 3 is 2.17 bits per heavy atom. The Balaban J connectivity index is 1.23. The van der Waals surface area contributed by atoms with Gasteiger partial charge in [-0.3, -0.25) is 0 Å². The van der Waals surface area contributed by atoms with Gasteiger partial charge in [-0.25, -0.2) is 0 Å². The highest BCUT2D eigenvalue weighted by molar-refractivity contribution is 5.62. The fourth-order valence-corrected chi connectivity index (χ4v) is 12.8. The van der Waals surface area contributed by atoms with Crippen molar-refractivity contribution in [1.82, 2.24) is 0 Å². The molecule has 2 heterocycles. The number of fused-ring (bicyclic) bond motifs is 5. The molecule has 54 heavy (non-hydrogen) atoms. The summed E-state index contributed by atoms with van der Waals surface area (Å²) in [7, 11) is 0. The molecule has 4 aliphatic carbocycles. The van der Waals surface area contributed by atoms with Gasteiger partial charge in [0, 0.05) is 5.41 Å². The van der Waals surface area contributed by atoms with Crippen molar-refractivity contribution in [2.24, 2.45) is 45.3 Å². The van der Waals surface area contributed by atoms with Gasteiger partial charge in [-0.05, 0) is 118 Å². The van der Waals surface area contributed by atoms with Crippen molar-refractivity contribution in [1.29, 1.82) is 0 Å². The zero-order valence-electron chi connectivity index (χ0n) is 33.2. The van der Waals surface area contributed by atoms with Crippen molar-refractivity contribution in [2.75, 3.05) is 13.2 Å². The smallest absolute Gasteiger partial charge is 0.187 e. The Morgan fingerprint density at radius 1 is 0.833 bits per heavy atom. The van der Waals surface area contributed by atoms with Gasteiger partial charge >= 0.3 is 0 Å². The molecule has 0 aromatic carbocycles. The summed E-state index contributed by atoms with van der Waals surface area (Å²) in [4.78, 5) is 13.7. The van der Waals surface area contributed by atoms with Gasteiger partial charge < -0.3 is 64.6 Å². The lowest BCUT2D eigenvalue weighted by Crippen LogP contribution is -2.68. The molecule has 13 heteroatoms. The van der Waals surface area contributed by atoms with Crippen LogP contribution >= 0.6 is 0 Å². The van der Waals surface area contributed by atoms with E-state index in [0.717, 1.165) is 32.1 Å². The van der Waals surface area contributed by atoms with Crippen LogP contribution < -0.4 is 0 Å². The Kier molecular flexibility index (Phi) is 12.0. The SMILES string of the molecule is CC(C)=CCC[C@](C)(O)[C@@H]1CC[C@@]2(C)[C@@H]1[C@@H](O)C[C@@H]1[C@]3(C=O)CC[C@@H](O[C@@H]4OC[C@@H](O)[C@@H](O)[C@@H]4O[C@@H]4O[C@H](CO)[C@@H](O)[C@H](O)[C@H]4O)C(C)(C)[C@@H]3CC[C@]12C. The maximum Gasteiger partial charge on any atom is 0.187 e. The second-order valence-electron chi connectivity index (χ2n) is 19.4. The highest BCUT2D eigenvalue weighted by Gasteiger charge is 2.72. The maximum atomic E-state index is 13.7. The van der Waals surface area contributed by atoms with Gasteiger partial charge in [0.2, 0.25) is 0 Å². The largest absolute Gasteiger partial charge is 0.394 e. The number of rotatable bonds is 10. The van der Waals surface area contributed by atoms with E-state index >= 15 is 0 Å². The van der Waals surface area contributed by atoms with Crippen LogP contribution in [0.5, 0.6) is 0 Å². The van der Waals surface area contributed by atoms with E-state index in [1.165, 1.54) is 11.9 Å². The predicted octanol–water partition coefficient (Wildman–Crippen LogP) is 1.97. The predicted molar refractivity (Wildman–Crippen MR) is 195 cm³/mol. The highest BCUT2D eigenvalue weighted by Crippen LogP contribution is 2.75. The normalized spacial score (nSPS) is 51.3. The van der Waals surface area contributed by atoms with Crippen LogP contribution in [0.3, 0.4) is 0 Å². The quantitative estimate of drug-likeness (QED) is 0.0908. The summed E-state index contributed by atoms with van der Waals surface area (Å²) in [6.07, 6.45) is -4.94. The molecule has 6 rings (SSSR count). The van der Waals surface area contributed by atoms with Crippen LogP contribution in [0, 0.1) is 45.3 Å². The summed E-state index contributed by atoms with van der Waals surface area (Å²) in [5, 5.41) is 86.5. The molecule has 0 spiro atoms. The first-order valence-electron chi connectivity index (χ1n) is 20.3. The molecule has 0 radical (unpaired) electrons. The maximum absolute atomic E-state index is 13.7. The fourth-order valence-electron chi connectivity index (χ4n) is 12.8. The number of aliphatic hydroxyl groups is 8. The Labute approximate surface area is 320 Å². The third-order valence-electron chi connectivity index (χ3n) is 16.0. The van der Waals surface area contributed by atoms with E-state index in [4.69, 9.17) is 18.9 Å². The van der Waals surface area contributed by atoms with Gasteiger partial charge in [0.05, 0.1) is 31.0 Å². The van der Waals surface area contributed by atoms with E-state index in [2.05, 4.69) is 47.6 Å². The molecule has 0 aromatic heterocycles. The number of hydrogen-bond donors (Lipinski definition) is 8. The van der Waals surface area contributed by atoms with E-state index in [0.29, 0.717) is 25.7 Å². The Morgan fingerprint density at radius 2 is 1.52 bits per heavy atom. The molecule has 0 amide bonds. The standard InChI is InChI=1S/C41H68O13/c1-21(2)9-8-13-40(7,50)22-10-14-39(6)29(22)23(44)17-27-38(39,5)15-11-26-37(3,4)28(12-16-41(26,27)20-43)53-36-34(30(46)24(45)19-51-36)54-35-33(49)32(48)31(47)25(18-42)52-35/h9,20,22-36,42,44-50H,8,10-19H2,1-7H3/t22-,23+,24-,25-,26+,27+,28-,29+,30-,31-,32+,33-,34+,35+,36+,38-,39+,40+,41+/m1/s1. The summed E-state index contributed by atoms with van der Waals surface area (Å²) in [5.41, 5.74) is -1.55. The lowest BCUT2D eigenvalue weighted by Gasteiger charge is -2.70. The molecule has 13 nitrogen and oxygen atoms in total. The first-order chi connectivity index (χ1) is 25.2. The van der Waals surface area contributed by atoms with Crippen LogP contribution in [0.2, 0.25) is 0 Å². The highest BCUT2D eigenvalue weighted by atomic mass is 16.8. The minimum absolute atomic E-state index is 0.0474. The summed E-state index contributed by atoms with van der Waals surface area (Å²) >= 11 is 0. The number of carbonyl (C=O) groups is 1. The topological polar surface area (TPSA) is 216 Å². The molecular formula is C41H68O13. The number of aldehydes is 1. The van der Waals surface area contributed by atoms with Gasteiger partial charge in [-0.2, -0.15) is 0 Å². The van der Waals surface area contributed by atoms with Crippen LogP contribution in [0.1, 0.15) is 106 Å². The lowest BCUT2D eigenvalue weighted by atomic mass is 9.35. The molecule has 8 N–H and O–H groups in total. The molecule has 19 atom stereocenters. The third-order valence-corrected chi connectivity index (χ3v) is 16.0. The van der Waals surface area contributed by atoms with Crippen LogP contribution in [-0.2, 0) is 23.7 Å². The Bertz CT molecular complexity index is 1370. The van der Waals surface area contributed by atoms with Crippen molar-refractivity contribution in [3.05, 3.63) is 11.6 Å². The van der Waals surface area contributed by atoms with Gasteiger partial charge in [0.1, 0.15) is 49.0 Å². The average Bonchev–Trinajstić information content (AvgIpc) is 3.50. The van der Waals surface area contributed by atoms with Crippen LogP contribution in [0.15, 0.2) is 11.6 Å².